The summed E-state index contributed by atoms with van der Waals surface area (Å²) in [5.41, 5.74) is 2.05. The van der Waals surface area contributed by atoms with Gasteiger partial charge >= 0.3 is 6.18 Å². The normalized spacial score (nSPS) is 11.5. The Bertz CT molecular complexity index is 1300. The van der Waals surface area contributed by atoms with Crippen molar-refractivity contribution in [2.45, 2.75) is 26.1 Å². The van der Waals surface area contributed by atoms with E-state index in [1.165, 1.54) is 6.92 Å². The van der Waals surface area contributed by atoms with Crippen LogP contribution in [0.1, 0.15) is 23.7 Å². The highest BCUT2D eigenvalue weighted by Crippen LogP contribution is 2.30. The highest BCUT2D eigenvalue weighted by Gasteiger charge is 2.30. The maximum Gasteiger partial charge on any atom is 0.417 e. The van der Waals surface area contributed by atoms with Gasteiger partial charge in [-0.1, -0.05) is 29.4 Å². The van der Waals surface area contributed by atoms with Crippen molar-refractivity contribution in [1.82, 2.24) is 30.2 Å². The van der Waals surface area contributed by atoms with Gasteiger partial charge in [-0.2, -0.15) is 23.3 Å². The number of pyridine rings is 1. The van der Waals surface area contributed by atoms with Gasteiger partial charge in [-0.3, -0.25) is 9.48 Å². The van der Waals surface area contributed by atoms with Gasteiger partial charge < -0.3 is 14.6 Å². The molecule has 0 saturated heterocycles. The molecule has 4 rings (SSSR count). The lowest BCUT2D eigenvalue weighted by atomic mass is 10.1. The first-order chi connectivity index (χ1) is 16.7. The molecule has 182 valence electrons. The molecule has 9 nitrogen and oxygen atoms in total. The summed E-state index contributed by atoms with van der Waals surface area (Å²) in [7, 11) is 1.69. The summed E-state index contributed by atoms with van der Waals surface area (Å²) in [6.07, 6.45) is -1.51. The van der Waals surface area contributed by atoms with Crippen LogP contribution in [0.5, 0.6) is 5.88 Å². The molecule has 0 aliphatic carbocycles. The highest BCUT2D eigenvalue weighted by atomic mass is 19.4. The number of nitrogens with one attached hydrogen (secondary N) is 1. The van der Waals surface area contributed by atoms with Gasteiger partial charge in [-0.05, 0) is 18.1 Å². The van der Waals surface area contributed by atoms with Gasteiger partial charge in [0, 0.05) is 38.3 Å². The Balaban J connectivity index is 1.45. The highest BCUT2D eigenvalue weighted by molar-refractivity contribution is 5.72. The molecule has 0 aliphatic heterocycles. The number of nitrogens with zero attached hydrogens (tertiary/aromatic N) is 5. The van der Waals surface area contributed by atoms with Crippen molar-refractivity contribution >= 4 is 5.91 Å². The van der Waals surface area contributed by atoms with Crippen LogP contribution in [0.3, 0.4) is 0 Å². The van der Waals surface area contributed by atoms with Crippen LogP contribution in [-0.4, -0.2) is 37.4 Å². The third-order valence-corrected chi connectivity index (χ3v) is 5.14. The van der Waals surface area contributed by atoms with Crippen molar-refractivity contribution < 1.29 is 27.2 Å². The number of benzene rings is 1. The van der Waals surface area contributed by atoms with Crippen LogP contribution in [0, 0.1) is 0 Å². The number of aromatic nitrogens is 5. The molecule has 1 N–H and O–H groups in total. The summed E-state index contributed by atoms with van der Waals surface area (Å²) in [6.45, 7) is 2.00. The fraction of sp³-hybridized carbons (Fsp3) is 0.261. The molecule has 0 saturated carbocycles. The molecule has 3 aromatic heterocycles. The second-order valence-corrected chi connectivity index (χ2v) is 7.65. The van der Waals surface area contributed by atoms with Gasteiger partial charge in [0.25, 0.3) is 5.89 Å². The van der Waals surface area contributed by atoms with Crippen molar-refractivity contribution in [3.8, 4) is 28.7 Å². The van der Waals surface area contributed by atoms with Gasteiger partial charge in [0.15, 0.2) is 0 Å². The van der Waals surface area contributed by atoms with Crippen molar-refractivity contribution in [2.75, 3.05) is 6.54 Å². The van der Waals surface area contributed by atoms with Crippen LogP contribution in [0.4, 0.5) is 13.2 Å². The number of hydrogen-bond donors (Lipinski definition) is 1. The SMILES string of the molecule is CC(=O)NCCc1ccc(-c2noc(-c3cnn(C)c3COc3ccc(C(F)(F)F)cn3)n2)cc1. The van der Waals surface area contributed by atoms with Crippen molar-refractivity contribution in [1.29, 1.82) is 0 Å². The Morgan fingerprint density at radius 1 is 1.14 bits per heavy atom. The molecule has 0 aliphatic rings. The fourth-order valence-electron chi connectivity index (χ4n) is 3.24. The van der Waals surface area contributed by atoms with Crippen molar-refractivity contribution in [2.24, 2.45) is 7.05 Å². The Labute approximate surface area is 197 Å². The summed E-state index contributed by atoms with van der Waals surface area (Å²) in [5, 5.41) is 11.0. The second-order valence-electron chi connectivity index (χ2n) is 7.65. The number of ether oxygens (including phenoxy) is 1. The van der Waals surface area contributed by atoms with Gasteiger partial charge in [0.1, 0.15) is 6.61 Å². The molecule has 1 amide bonds. The summed E-state index contributed by atoms with van der Waals surface area (Å²) in [6, 6.07) is 9.63. The number of aryl methyl sites for hydroxylation is 1. The number of carbonyl (C=O) groups is 1. The Morgan fingerprint density at radius 2 is 1.91 bits per heavy atom. The maximum absolute atomic E-state index is 12.7. The molecule has 0 atom stereocenters. The summed E-state index contributed by atoms with van der Waals surface area (Å²) >= 11 is 0. The van der Waals surface area contributed by atoms with E-state index in [4.69, 9.17) is 9.26 Å². The molecule has 0 spiro atoms. The number of hydrogen-bond acceptors (Lipinski definition) is 7. The summed E-state index contributed by atoms with van der Waals surface area (Å²) in [4.78, 5) is 19.1. The monoisotopic (exact) mass is 486 g/mol. The average molecular weight is 486 g/mol. The minimum atomic E-state index is -4.47. The summed E-state index contributed by atoms with van der Waals surface area (Å²) in [5.74, 6) is 0.571. The second kappa shape index (κ2) is 9.95. The largest absolute Gasteiger partial charge is 0.471 e. The van der Waals surface area contributed by atoms with E-state index in [-0.39, 0.29) is 24.3 Å². The average Bonchev–Trinajstić information content (AvgIpc) is 3.44. The maximum atomic E-state index is 12.7. The van der Waals surface area contributed by atoms with E-state index in [9.17, 15) is 18.0 Å². The third kappa shape index (κ3) is 5.83. The Kier molecular flexibility index (Phi) is 6.80. The van der Waals surface area contributed by atoms with Crippen LogP contribution in [0.25, 0.3) is 22.8 Å². The Hall–Kier alpha value is -4.22. The molecular weight excluding hydrogens is 465 g/mol. The predicted molar refractivity (Wildman–Crippen MR) is 118 cm³/mol. The molecule has 0 bridgehead atoms. The minimum absolute atomic E-state index is 0.0229. The van der Waals surface area contributed by atoms with Crippen molar-refractivity contribution in [3.63, 3.8) is 0 Å². The molecular formula is C23H21F3N6O3. The molecule has 35 heavy (non-hydrogen) atoms. The zero-order valence-electron chi connectivity index (χ0n) is 18.8. The smallest absolute Gasteiger partial charge is 0.417 e. The molecule has 0 unspecified atom stereocenters. The van der Waals surface area contributed by atoms with E-state index < -0.39 is 11.7 Å². The van der Waals surface area contributed by atoms with E-state index in [2.05, 4.69) is 25.5 Å². The van der Waals surface area contributed by atoms with Gasteiger partial charge in [-0.15, -0.1) is 0 Å². The predicted octanol–water partition coefficient (Wildman–Crippen LogP) is 3.81. The lowest BCUT2D eigenvalue weighted by molar-refractivity contribution is -0.137. The lowest BCUT2D eigenvalue weighted by Gasteiger charge is -2.09. The number of alkyl halides is 3. The quantitative estimate of drug-likeness (QED) is 0.404. The van der Waals surface area contributed by atoms with Crippen molar-refractivity contribution in [3.05, 3.63) is 65.6 Å². The Morgan fingerprint density at radius 3 is 2.57 bits per heavy atom. The minimum Gasteiger partial charge on any atom is -0.471 e. The van der Waals surface area contributed by atoms with E-state index in [1.54, 1.807) is 17.9 Å². The molecule has 0 radical (unpaired) electrons. The molecule has 12 heteroatoms. The number of amides is 1. The van der Waals surface area contributed by atoms with Crippen LogP contribution >= 0.6 is 0 Å². The van der Waals surface area contributed by atoms with Gasteiger partial charge in [0.05, 0.1) is 23.0 Å². The standard InChI is InChI=1S/C23H21F3N6O3/c1-14(33)27-10-9-15-3-5-16(6-4-15)21-30-22(35-31-21)18-12-29-32(2)19(18)13-34-20-8-7-17(11-28-20)23(24,25)26/h3-8,11-12H,9-10,13H2,1-2H3,(H,27,33). The topological polar surface area (TPSA) is 108 Å². The molecule has 3 heterocycles. The zero-order chi connectivity index (χ0) is 25.0. The first-order valence-corrected chi connectivity index (χ1v) is 10.6. The van der Waals surface area contributed by atoms with Gasteiger partial charge in [0.2, 0.25) is 17.6 Å². The zero-order valence-corrected chi connectivity index (χ0v) is 18.8. The first kappa shape index (κ1) is 23.9. The van der Waals surface area contributed by atoms with Crippen LogP contribution in [-0.2, 0) is 31.0 Å². The lowest BCUT2D eigenvalue weighted by Crippen LogP contribution is -2.22. The third-order valence-electron chi connectivity index (χ3n) is 5.14. The fourth-order valence-corrected chi connectivity index (χ4v) is 3.24. The van der Waals surface area contributed by atoms with E-state index >= 15 is 0 Å². The number of rotatable bonds is 8. The van der Waals surface area contributed by atoms with Crippen LogP contribution < -0.4 is 10.1 Å². The number of halogens is 3. The van der Waals surface area contributed by atoms with E-state index in [1.807, 2.05) is 24.3 Å². The molecule has 1 aromatic carbocycles. The van der Waals surface area contributed by atoms with Crippen LogP contribution in [0.15, 0.2) is 53.3 Å². The van der Waals surface area contributed by atoms with E-state index in [0.29, 0.717) is 30.0 Å². The van der Waals surface area contributed by atoms with E-state index in [0.717, 1.165) is 29.5 Å². The van der Waals surface area contributed by atoms with Gasteiger partial charge in [-0.25, -0.2) is 4.98 Å². The van der Waals surface area contributed by atoms with Crippen LogP contribution in [0.2, 0.25) is 0 Å². The molecule has 0 fully saturated rings. The first-order valence-electron chi connectivity index (χ1n) is 10.6. The number of carbonyl (C=O) groups excluding carboxylic acids is 1. The molecule has 4 aromatic rings. The summed E-state index contributed by atoms with van der Waals surface area (Å²) < 4.78 is 50.7.